The maximum Gasteiger partial charge on any atom is 0.433 e. The van der Waals surface area contributed by atoms with E-state index in [9.17, 15) is 13.2 Å². The van der Waals surface area contributed by atoms with Crippen molar-refractivity contribution in [1.29, 1.82) is 0 Å². The third kappa shape index (κ3) is 3.30. The largest absolute Gasteiger partial charge is 0.433 e. The highest BCUT2D eigenvalue weighted by atomic mass is 19.4. The van der Waals surface area contributed by atoms with E-state index in [1.54, 1.807) is 0 Å². The number of aromatic nitrogens is 2. The van der Waals surface area contributed by atoms with Gasteiger partial charge in [-0.05, 0) is 18.3 Å². The van der Waals surface area contributed by atoms with Crippen LogP contribution in [0.25, 0.3) is 0 Å². The topological polar surface area (TPSA) is 67.1 Å². The van der Waals surface area contributed by atoms with Crippen LogP contribution in [0.2, 0.25) is 0 Å². The molecule has 0 aromatic carbocycles. The molecule has 1 aromatic rings. The molecular formula is C12H18F3N5. The molecule has 0 saturated carbocycles. The molecule has 3 N–H and O–H groups in total. The lowest BCUT2D eigenvalue weighted by Crippen LogP contribution is -2.39. The Morgan fingerprint density at radius 1 is 1.25 bits per heavy atom. The van der Waals surface area contributed by atoms with E-state index in [2.05, 4.69) is 29.2 Å². The van der Waals surface area contributed by atoms with Crippen LogP contribution in [0.15, 0.2) is 6.07 Å². The van der Waals surface area contributed by atoms with Crippen molar-refractivity contribution in [2.24, 2.45) is 17.7 Å². The number of nitrogens with one attached hydrogen (secondary N) is 1. The number of nitrogens with two attached hydrogens (primary N) is 1. The second-order valence-electron chi connectivity index (χ2n) is 5.43. The molecule has 2 rings (SSSR count). The third-order valence-electron chi connectivity index (χ3n) is 3.33. The second-order valence-corrected chi connectivity index (χ2v) is 5.43. The number of hydrazine groups is 1. The van der Waals surface area contributed by atoms with Crippen molar-refractivity contribution in [3.8, 4) is 0 Å². The average molecular weight is 289 g/mol. The minimum Gasteiger partial charge on any atom is -0.356 e. The van der Waals surface area contributed by atoms with Gasteiger partial charge in [-0.15, -0.1) is 0 Å². The highest BCUT2D eigenvalue weighted by molar-refractivity contribution is 5.45. The predicted octanol–water partition coefficient (Wildman–Crippen LogP) is 2.26. The summed E-state index contributed by atoms with van der Waals surface area (Å²) in [4.78, 5) is 9.25. The van der Waals surface area contributed by atoms with Crippen molar-refractivity contribution in [2.75, 3.05) is 23.4 Å². The molecule has 0 bridgehead atoms. The van der Waals surface area contributed by atoms with E-state index in [1.165, 1.54) is 0 Å². The molecule has 20 heavy (non-hydrogen) atoms. The van der Waals surface area contributed by atoms with Gasteiger partial charge in [0.1, 0.15) is 5.82 Å². The molecule has 1 fully saturated rings. The standard InChI is InChI=1S/C12H18F3N5/c1-7-3-8(2)6-20(5-7)10-4-9(12(13,14)15)17-11(18-10)19-16/h4,7-8H,3,5-6,16H2,1-2H3,(H,17,18,19). The van der Waals surface area contributed by atoms with Gasteiger partial charge >= 0.3 is 6.18 Å². The molecule has 2 unspecified atom stereocenters. The number of rotatable bonds is 2. The van der Waals surface area contributed by atoms with Crippen LogP contribution in [-0.4, -0.2) is 23.1 Å². The fraction of sp³-hybridized carbons (Fsp3) is 0.667. The first-order valence-corrected chi connectivity index (χ1v) is 6.47. The number of anilines is 2. The van der Waals surface area contributed by atoms with Crippen molar-refractivity contribution in [2.45, 2.75) is 26.4 Å². The Bertz CT molecular complexity index is 467. The second kappa shape index (κ2) is 5.43. The highest BCUT2D eigenvalue weighted by Crippen LogP contribution is 2.32. The predicted molar refractivity (Wildman–Crippen MR) is 70.0 cm³/mol. The summed E-state index contributed by atoms with van der Waals surface area (Å²) in [7, 11) is 0. The minimum absolute atomic E-state index is 0.222. The van der Waals surface area contributed by atoms with Crippen LogP contribution in [0, 0.1) is 11.8 Å². The minimum atomic E-state index is -4.52. The van der Waals surface area contributed by atoms with Gasteiger partial charge in [0.05, 0.1) is 0 Å². The van der Waals surface area contributed by atoms with Crippen LogP contribution >= 0.6 is 0 Å². The first kappa shape index (κ1) is 14.8. The average Bonchev–Trinajstić information content (AvgIpc) is 2.36. The van der Waals surface area contributed by atoms with E-state index in [0.29, 0.717) is 24.9 Å². The molecule has 2 heterocycles. The monoisotopic (exact) mass is 289 g/mol. The van der Waals surface area contributed by atoms with Gasteiger partial charge in [0.2, 0.25) is 5.95 Å². The lowest BCUT2D eigenvalue weighted by atomic mass is 9.92. The Hall–Kier alpha value is -1.57. The van der Waals surface area contributed by atoms with Crippen molar-refractivity contribution in [3.63, 3.8) is 0 Å². The molecule has 5 nitrogen and oxygen atoms in total. The number of halogens is 3. The molecule has 8 heteroatoms. The maximum atomic E-state index is 12.8. The SMILES string of the molecule is CC1CC(C)CN(c2cc(C(F)(F)F)nc(NN)n2)C1. The van der Waals surface area contributed by atoms with Crippen LogP contribution < -0.4 is 16.2 Å². The molecule has 2 atom stereocenters. The van der Waals surface area contributed by atoms with Crippen LogP contribution in [0.4, 0.5) is 24.9 Å². The van der Waals surface area contributed by atoms with Gasteiger partial charge in [0.25, 0.3) is 0 Å². The molecule has 0 radical (unpaired) electrons. The zero-order chi connectivity index (χ0) is 14.9. The molecular weight excluding hydrogens is 271 g/mol. The van der Waals surface area contributed by atoms with Crippen LogP contribution in [0.1, 0.15) is 26.0 Å². The zero-order valence-electron chi connectivity index (χ0n) is 11.4. The molecule has 0 amide bonds. The van der Waals surface area contributed by atoms with Gasteiger partial charge in [-0.2, -0.15) is 18.2 Å². The summed E-state index contributed by atoms with van der Waals surface area (Å²) < 4.78 is 38.5. The fourth-order valence-corrected chi connectivity index (χ4v) is 2.66. The normalized spacial score (nSPS) is 23.8. The van der Waals surface area contributed by atoms with E-state index in [0.717, 1.165) is 12.5 Å². The van der Waals surface area contributed by atoms with E-state index < -0.39 is 11.9 Å². The summed E-state index contributed by atoms with van der Waals surface area (Å²) in [6.45, 7) is 5.53. The smallest absolute Gasteiger partial charge is 0.356 e. The molecule has 0 spiro atoms. The van der Waals surface area contributed by atoms with E-state index in [-0.39, 0.29) is 11.8 Å². The molecule has 1 aliphatic rings. The highest BCUT2D eigenvalue weighted by Gasteiger charge is 2.34. The van der Waals surface area contributed by atoms with Crippen molar-refractivity contribution in [1.82, 2.24) is 9.97 Å². The Morgan fingerprint density at radius 3 is 2.35 bits per heavy atom. The Balaban J connectivity index is 2.35. The quantitative estimate of drug-likeness (QED) is 0.646. The molecule has 112 valence electrons. The molecule has 1 saturated heterocycles. The van der Waals surface area contributed by atoms with Gasteiger partial charge in [0.15, 0.2) is 5.69 Å². The summed E-state index contributed by atoms with van der Waals surface area (Å²) in [6.07, 6.45) is -3.45. The van der Waals surface area contributed by atoms with Crippen molar-refractivity contribution in [3.05, 3.63) is 11.8 Å². The Labute approximate surface area is 115 Å². The van der Waals surface area contributed by atoms with Crippen LogP contribution in [0.5, 0.6) is 0 Å². The van der Waals surface area contributed by atoms with Crippen LogP contribution in [-0.2, 0) is 6.18 Å². The van der Waals surface area contributed by atoms with E-state index >= 15 is 0 Å². The number of hydrogen-bond acceptors (Lipinski definition) is 5. The zero-order valence-corrected chi connectivity index (χ0v) is 11.4. The lowest BCUT2D eigenvalue weighted by molar-refractivity contribution is -0.141. The lowest BCUT2D eigenvalue weighted by Gasteiger charge is -2.36. The van der Waals surface area contributed by atoms with Crippen molar-refractivity contribution >= 4 is 11.8 Å². The van der Waals surface area contributed by atoms with Gasteiger partial charge in [0, 0.05) is 19.2 Å². The fourth-order valence-electron chi connectivity index (χ4n) is 2.66. The van der Waals surface area contributed by atoms with Gasteiger partial charge in [-0.3, -0.25) is 5.43 Å². The molecule has 1 aliphatic heterocycles. The number of nitrogens with zero attached hydrogens (tertiary/aromatic N) is 3. The van der Waals surface area contributed by atoms with Gasteiger partial charge in [-0.1, -0.05) is 13.8 Å². The van der Waals surface area contributed by atoms with E-state index in [1.807, 2.05) is 4.90 Å². The van der Waals surface area contributed by atoms with E-state index in [4.69, 9.17) is 5.84 Å². The Kier molecular flexibility index (Phi) is 4.03. The first-order valence-electron chi connectivity index (χ1n) is 6.47. The number of piperidine rings is 1. The summed E-state index contributed by atoms with van der Waals surface area (Å²) >= 11 is 0. The maximum absolute atomic E-state index is 12.8. The molecule has 0 aliphatic carbocycles. The Morgan fingerprint density at radius 2 is 1.85 bits per heavy atom. The van der Waals surface area contributed by atoms with Crippen molar-refractivity contribution < 1.29 is 13.2 Å². The third-order valence-corrected chi connectivity index (χ3v) is 3.33. The summed E-state index contributed by atoms with van der Waals surface area (Å²) in [5, 5.41) is 0. The van der Waals surface area contributed by atoms with Crippen LogP contribution in [0.3, 0.4) is 0 Å². The number of hydrogen-bond donors (Lipinski definition) is 2. The molecule has 1 aromatic heterocycles. The van der Waals surface area contributed by atoms with Gasteiger partial charge in [-0.25, -0.2) is 10.8 Å². The van der Waals surface area contributed by atoms with Gasteiger partial charge < -0.3 is 4.90 Å². The number of alkyl halides is 3. The first-order chi connectivity index (χ1) is 9.29. The summed E-state index contributed by atoms with van der Waals surface area (Å²) in [6, 6.07) is 0.978. The summed E-state index contributed by atoms with van der Waals surface area (Å²) in [5.41, 5.74) is 1.11. The summed E-state index contributed by atoms with van der Waals surface area (Å²) in [5.74, 6) is 6.02. The number of nitrogen functional groups attached to an aromatic ring is 1.